The van der Waals surface area contributed by atoms with Gasteiger partial charge in [0.15, 0.2) is 0 Å². The lowest BCUT2D eigenvalue weighted by Crippen LogP contribution is -2.45. The molecule has 0 heterocycles. The second-order valence-electron chi connectivity index (χ2n) is 6.10. The number of nitrogens with one attached hydrogen (secondary N) is 1. The minimum atomic E-state index is -0.111. The second kappa shape index (κ2) is 8.38. The van der Waals surface area contributed by atoms with Crippen molar-refractivity contribution in [3.63, 3.8) is 0 Å². The van der Waals surface area contributed by atoms with Crippen LogP contribution < -0.4 is 10.2 Å². The molecule has 0 aromatic heterocycles. The van der Waals surface area contributed by atoms with Crippen LogP contribution in [-0.4, -0.2) is 25.7 Å². The van der Waals surface area contributed by atoms with Gasteiger partial charge in [0.2, 0.25) is 0 Å². The monoisotopic (exact) mass is 292 g/mol. The van der Waals surface area contributed by atoms with Crippen molar-refractivity contribution in [2.24, 2.45) is 5.92 Å². The lowest BCUT2D eigenvalue weighted by molar-refractivity contribution is 0.358. The van der Waals surface area contributed by atoms with Gasteiger partial charge in [-0.1, -0.05) is 31.9 Å². The van der Waals surface area contributed by atoms with Crippen molar-refractivity contribution in [2.75, 3.05) is 24.5 Å². The van der Waals surface area contributed by atoms with Gasteiger partial charge in [0.1, 0.15) is 5.82 Å². The summed E-state index contributed by atoms with van der Waals surface area (Å²) >= 11 is 0. The van der Waals surface area contributed by atoms with E-state index in [9.17, 15) is 4.39 Å². The Morgan fingerprint density at radius 2 is 1.95 bits per heavy atom. The quantitative estimate of drug-likeness (QED) is 0.772. The van der Waals surface area contributed by atoms with Crippen molar-refractivity contribution in [3.05, 3.63) is 30.1 Å². The highest BCUT2D eigenvalue weighted by molar-refractivity contribution is 5.47. The number of rotatable bonds is 8. The SMILES string of the molecule is CCCNC(CN(CC)c1ccccc1F)C1CCCC1. The molecule has 1 fully saturated rings. The van der Waals surface area contributed by atoms with Gasteiger partial charge in [-0.3, -0.25) is 0 Å². The molecule has 1 unspecified atom stereocenters. The van der Waals surface area contributed by atoms with Crippen LogP contribution in [0, 0.1) is 11.7 Å². The van der Waals surface area contributed by atoms with Crippen LogP contribution in [0.15, 0.2) is 24.3 Å². The summed E-state index contributed by atoms with van der Waals surface area (Å²) < 4.78 is 14.0. The number of benzene rings is 1. The largest absolute Gasteiger partial charge is 0.368 e. The Morgan fingerprint density at radius 3 is 2.57 bits per heavy atom. The maximum Gasteiger partial charge on any atom is 0.146 e. The Labute approximate surface area is 128 Å². The standard InChI is InChI=1S/C18H29FN2/c1-3-13-20-17(15-9-5-6-10-15)14-21(4-2)18-12-8-7-11-16(18)19/h7-8,11-12,15,17,20H,3-6,9-10,13-14H2,1-2H3. The third-order valence-electron chi connectivity index (χ3n) is 4.62. The molecule has 1 aromatic carbocycles. The number of nitrogens with zero attached hydrogens (tertiary/aromatic N) is 1. The minimum absolute atomic E-state index is 0.111. The summed E-state index contributed by atoms with van der Waals surface area (Å²) in [7, 11) is 0. The zero-order chi connectivity index (χ0) is 15.1. The molecule has 1 saturated carbocycles. The molecular formula is C18H29FN2. The Bertz CT molecular complexity index is 415. The molecule has 0 spiro atoms. The van der Waals surface area contributed by atoms with Crippen molar-refractivity contribution in [1.82, 2.24) is 5.32 Å². The Hall–Kier alpha value is -1.09. The van der Waals surface area contributed by atoms with Crippen LogP contribution >= 0.6 is 0 Å². The average molecular weight is 292 g/mol. The Morgan fingerprint density at radius 1 is 1.24 bits per heavy atom. The van der Waals surface area contributed by atoms with E-state index in [1.807, 2.05) is 12.1 Å². The highest BCUT2D eigenvalue weighted by atomic mass is 19.1. The van der Waals surface area contributed by atoms with Gasteiger partial charge in [0.05, 0.1) is 5.69 Å². The fraction of sp³-hybridized carbons (Fsp3) is 0.667. The Kier molecular flexibility index (Phi) is 6.50. The smallest absolute Gasteiger partial charge is 0.146 e. The molecule has 3 heteroatoms. The van der Waals surface area contributed by atoms with Crippen LogP contribution in [0.2, 0.25) is 0 Å². The lowest BCUT2D eigenvalue weighted by atomic mass is 9.97. The predicted octanol–water partition coefficient (Wildman–Crippen LogP) is 4.21. The number of hydrogen-bond donors (Lipinski definition) is 1. The fourth-order valence-corrected chi connectivity index (χ4v) is 3.41. The zero-order valence-electron chi connectivity index (χ0n) is 13.4. The maximum absolute atomic E-state index is 14.0. The van der Waals surface area contributed by atoms with Crippen molar-refractivity contribution in [2.45, 2.75) is 52.0 Å². The van der Waals surface area contributed by atoms with Crippen molar-refractivity contribution in [3.8, 4) is 0 Å². The molecule has 2 rings (SSSR count). The molecule has 1 aliphatic rings. The number of likely N-dealkylation sites (N-methyl/N-ethyl adjacent to an activating group) is 1. The topological polar surface area (TPSA) is 15.3 Å². The van der Waals surface area contributed by atoms with E-state index in [1.54, 1.807) is 12.1 Å². The first-order valence-corrected chi connectivity index (χ1v) is 8.49. The summed E-state index contributed by atoms with van der Waals surface area (Å²) in [6, 6.07) is 7.61. The van der Waals surface area contributed by atoms with Crippen LogP contribution in [0.5, 0.6) is 0 Å². The van der Waals surface area contributed by atoms with E-state index in [-0.39, 0.29) is 5.82 Å². The molecule has 0 radical (unpaired) electrons. The molecule has 0 amide bonds. The van der Waals surface area contributed by atoms with Gasteiger partial charge in [-0.05, 0) is 50.8 Å². The number of halogens is 1. The maximum atomic E-state index is 14.0. The van der Waals surface area contributed by atoms with Crippen LogP contribution in [-0.2, 0) is 0 Å². The van der Waals surface area contributed by atoms with Crippen LogP contribution in [0.25, 0.3) is 0 Å². The van der Waals surface area contributed by atoms with E-state index in [0.29, 0.717) is 6.04 Å². The molecule has 0 aliphatic heterocycles. The first-order chi connectivity index (χ1) is 10.3. The first-order valence-electron chi connectivity index (χ1n) is 8.49. The van der Waals surface area contributed by atoms with Crippen molar-refractivity contribution in [1.29, 1.82) is 0 Å². The van der Waals surface area contributed by atoms with E-state index < -0.39 is 0 Å². The molecule has 1 aliphatic carbocycles. The van der Waals surface area contributed by atoms with Crippen LogP contribution in [0.3, 0.4) is 0 Å². The highest BCUT2D eigenvalue weighted by Gasteiger charge is 2.26. The van der Waals surface area contributed by atoms with Gasteiger partial charge < -0.3 is 10.2 Å². The van der Waals surface area contributed by atoms with Gasteiger partial charge in [0.25, 0.3) is 0 Å². The van der Waals surface area contributed by atoms with Gasteiger partial charge in [0, 0.05) is 19.1 Å². The third kappa shape index (κ3) is 4.44. The lowest BCUT2D eigenvalue weighted by Gasteiger charge is -2.32. The molecule has 118 valence electrons. The third-order valence-corrected chi connectivity index (χ3v) is 4.62. The summed E-state index contributed by atoms with van der Waals surface area (Å²) in [5.41, 5.74) is 0.737. The summed E-state index contributed by atoms with van der Waals surface area (Å²) in [4.78, 5) is 2.18. The van der Waals surface area contributed by atoms with E-state index >= 15 is 0 Å². The van der Waals surface area contributed by atoms with Gasteiger partial charge in [-0.15, -0.1) is 0 Å². The summed E-state index contributed by atoms with van der Waals surface area (Å²) in [6.07, 6.45) is 6.48. The van der Waals surface area contributed by atoms with E-state index in [2.05, 4.69) is 24.1 Å². The normalized spacial score (nSPS) is 17.1. The first kappa shape index (κ1) is 16.3. The average Bonchev–Trinajstić information content (AvgIpc) is 3.03. The number of anilines is 1. The molecule has 1 N–H and O–H groups in total. The molecule has 21 heavy (non-hydrogen) atoms. The van der Waals surface area contributed by atoms with Gasteiger partial charge >= 0.3 is 0 Å². The Balaban J connectivity index is 2.07. The molecule has 1 atom stereocenters. The number of para-hydroxylation sites is 1. The van der Waals surface area contributed by atoms with Gasteiger partial charge in [-0.25, -0.2) is 4.39 Å². The fourth-order valence-electron chi connectivity index (χ4n) is 3.41. The summed E-state index contributed by atoms with van der Waals surface area (Å²) in [6.45, 7) is 7.11. The van der Waals surface area contributed by atoms with E-state index in [4.69, 9.17) is 0 Å². The van der Waals surface area contributed by atoms with Crippen LogP contribution in [0.1, 0.15) is 46.0 Å². The molecule has 2 nitrogen and oxygen atoms in total. The van der Waals surface area contributed by atoms with Crippen molar-refractivity contribution >= 4 is 5.69 Å². The second-order valence-corrected chi connectivity index (χ2v) is 6.10. The molecule has 0 saturated heterocycles. The molecule has 0 bridgehead atoms. The minimum Gasteiger partial charge on any atom is -0.368 e. The number of hydrogen-bond acceptors (Lipinski definition) is 2. The summed E-state index contributed by atoms with van der Waals surface area (Å²) in [5, 5.41) is 3.70. The van der Waals surface area contributed by atoms with E-state index in [0.717, 1.165) is 37.7 Å². The van der Waals surface area contributed by atoms with Crippen molar-refractivity contribution < 1.29 is 4.39 Å². The molecular weight excluding hydrogens is 263 g/mol. The van der Waals surface area contributed by atoms with Crippen LogP contribution in [0.4, 0.5) is 10.1 Å². The predicted molar refractivity (Wildman–Crippen MR) is 88.3 cm³/mol. The summed E-state index contributed by atoms with van der Waals surface area (Å²) in [5.74, 6) is 0.636. The van der Waals surface area contributed by atoms with Gasteiger partial charge in [-0.2, -0.15) is 0 Å². The highest BCUT2D eigenvalue weighted by Crippen LogP contribution is 2.29. The van der Waals surface area contributed by atoms with E-state index in [1.165, 1.54) is 25.7 Å². The zero-order valence-corrected chi connectivity index (χ0v) is 13.4. The molecule has 1 aromatic rings.